The van der Waals surface area contributed by atoms with Gasteiger partial charge in [-0.3, -0.25) is 4.79 Å². The number of ether oxygens (including phenoxy) is 2. The summed E-state index contributed by atoms with van der Waals surface area (Å²) in [4.78, 5) is 23.4. The predicted molar refractivity (Wildman–Crippen MR) is 93.2 cm³/mol. The van der Waals surface area contributed by atoms with Crippen LogP contribution in [0.4, 0.5) is 0 Å². The molecule has 2 saturated carbocycles. The quantitative estimate of drug-likeness (QED) is 0.795. The van der Waals surface area contributed by atoms with Crippen molar-refractivity contribution in [1.82, 2.24) is 0 Å². The Labute approximate surface area is 148 Å². The zero-order valence-electron chi connectivity index (χ0n) is 14.7. The minimum absolute atomic E-state index is 0.189. The molecule has 5 nitrogen and oxygen atoms in total. The fourth-order valence-electron chi connectivity index (χ4n) is 4.22. The second-order valence-corrected chi connectivity index (χ2v) is 7.30. The molecule has 2 aliphatic carbocycles. The van der Waals surface area contributed by atoms with Crippen LogP contribution in [-0.4, -0.2) is 30.6 Å². The first-order valence-electron chi connectivity index (χ1n) is 9.12. The van der Waals surface area contributed by atoms with Crippen molar-refractivity contribution in [2.75, 3.05) is 7.11 Å². The SMILES string of the molecule is COc1ccc([C@]2(C=O)CCC[C@@H](C(=O)O)C2)cc1OC1CCCC1. The van der Waals surface area contributed by atoms with Crippen LogP contribution in [-0.2, 0) is 15.0 Å². The molecule has 1 aromatic rings. The molecule has 0 heterocycles. The van der Waals surface area contributed by atoms with Crippen LogP contribution in [0.5, 0.6) is 11.5 Å². The van der Waals surface area contributed by atoms with Crippen molar-refractivity contribution >= 4 is 12.3 Å². The number of rotatable bonds is 6. The third kappa shape index (κ3) is 3.65. The van der Waals surface area contributed by atoms with Gasteiger partial charge in [0.05, 0.1) is 24.5 Å². The highest BCUT2D eigenvalue weighted by Gasteiger charge is 2.40. The fourth-order valence-corrected chi connectivity index (χ4v) is 4.22. The summed E-state index contributed by atoms with van der Waals surface area (Å²) in [5, 5.41) is 9.38. The van der Waals surface area contributed by atoms with E-state index >= 15 is 0 Å². The highest BCUT2D eigenvalue weighted by molar-refractivity contribution is 5.75. The van der Waals surface area contributed by atoms with E-state index in [1.165, 1.54) is 12.8 Å². The summed E-state index contributed by atoms with van der Waals surface area (Å²) in [6.07, 6.45) is 7.93. The molecule has 25 heavy (non-hydrogen) atoms. The summed E-state index contributed by atoms with van der Waals surface area (Å²) in [7, 11) is 1.60. The molecule has 0 amide bonds. The molecule has 1 aromatic carbocycles. The molecule has 136 valence electrons. The summed E-state index contributed by atoms with van der Waals surface area (Å²) >= 11 is 0. The second kappa shape index (κ2) is 7.46. The average molecular weight is 346 g/mol. The van der Waals surface area contributed by atoms with E-state index in [0.717, 1.165) is 31.1 Å². The van der Waals surface area contributed by atoms with Crippen molar-refractivity contribution in [3.63, 3.8) is 0 Å². The van der Waals surface area contributed by atoms with Crippen molar-refractivity contribution in [2.45, 2.75) is 62.9 Å². The predicted octanol–water partition coefficient (Wildman–Crippen LogP) is 3.73. The number of aliphatic carboxylic acids is 1. The third-order valence-corrected chi connectivity index (χ3v) is 5.70. The van der Waals surface area contributed by atoms with Crippen LogP contribution in [0.2, 0.25) is 0 Å². The van der Waals surface area contributed by atoms with Gasteiger partial charge in [0, 0.05) is 0 Å². The van der Waals surface area contributed by atoms with E-state index in [-0.39, 0.29) is 6.10 Å². The normalized spacial score (nSPS) is 27.0. The summed E-state index contributed by atoms with van der Waals surface area (Å²) in [6, 6.07) is 5.59. The summed E-state index contributed by atoms with van der Waals surface area (Å²) in [6.45, 7) is 0. The maximum absolute atomic E-state index is 12.0. The van der Waals surface area contributed by atoms with Crippen LogP contribution >= 0.6 is 0 Å². The van der Waals surface area contributed by atoms with Gasteiger partial charge in [0.1, 0.15) is 6.29 Å². The van der Waals surface area contributed by atoms with E-state index in [4.69, 9.17) is 9.47 Å². The van der Waals surface area contributed by atoms with E-state index in [9.17, 15) is 14.7 Å². The van der Waals surface area contributed by atoms with Gasteiger partial charge >= 0.3 is 5.97 Å². The molecule has 0 unspecified atom stereocenters. The first-order valence-corrected chi connectivity index (χ1v) is 9.12. The number of hydrogen-bond acceptors (Lipinski definition) is 4. The van der Waals surface area contributed by atoms with Crippen molar-refractivity contribution in [2.24, 2.45) is 5.92 Å². The molecule has 2 atom stereocenters. The van der Waals surface area contributed by atoms with E-state index in [1.807, 2.05) is 18.2 Å². The van der Waals surface area contributed by atoms with Gasteiger partial charge in [0.2, 0.25) is 0 Å². The molecular formula is C20H26O5. The molecule has 5 heteroatoms. The Morgan fingerprint density at radius 1 is 1.20 bits per heavy atom. The van der Waals surface area contributed by atoms with Gasteiger partial charge in [-0.2, -0.15) is 0 Å². The summed E-state index contributed by atoms with van der Waals surface area (Å²) in [5.41, 5.74) is 0.0868. The monoisotopic (exact) mass is 346 g/mol. The largest absolute Gasteiger partial charge is 0.493 e. The standard InChI is InChI=1S/C20H26O5/c1-24-17-9-8-15(11-18(17)25-16-6-2-3-7-16)20(13-21)10-4-5-14(12-20)19(22)23/h8-9,11,13-14,16H,2-7,10,12H2,1H3,(H,22,23)/t14-,20-/m1/s1. The molecular weight excluding hydrogens is 320 g/mol. The lowest BCUT2D eigenvalue weighted by molar-refractivity contribution is -0.143. The molecule has 2 fully saturated rings. The highest BCUT2D eigenvalue weighted by atomic mass is 16.5. The Kier molecular flexibility index (Phi) is 5.30. The maximum atomic E-state index is 12.0. The number of aldehydes is 1. The van der Waals surface area contributed by atoms with Crippen LogP contribution in [0, 0.1) is 5.92 Å². The van der Waals surface area contributed by atoms with Crippen molar-refractivity contribution in [3.8, 4) is 11.5 Å². The molecule has 0 radical (unpaired) electrons. The third-order valence-electron chi connectivity index (χ3n) is 5.70. The van der Waals surface area contributed by atoms with Crippen LogP contribution in [0.1, 0.15) is 56.9 Å². The minimum atomic E-state index is -0.818. The number of methoxy groups -OCH3 is 1. The number of carboxylic acid groups (broad SMARTS) is 1. The van der Waals surface area contributed by atoms with Crippen molar-refractivity contribution in [1.29, 1.82) is 0 Å². The first kappa shape index (κ1) is 17.8. The minimum Gasteiger partial charge on any atom is -0.493 e. The lowest BCUT2D eigenvalue weighted by Gasteiger charge is -2.36. The lowest BCUT2D eigenvalue weighted by atomic mass is 9.66. The zero-order valence-corrected chi connectivity index (χ0v) is 14.7. The number of benzene rings is 1. The number of carbonyl (C=O) groups excluding carboxylic acids is 1. The van der Waals surface area contributed by atoms with Crippen LogP contribution in [0.25, 0.3) is 0 Å². The number of carbonyl (C=O) groups is 2. The van der Waals surface area contributed by atoms with Crippen LogP contribution in [0.3, 0.4) is 0 Å². The Bertz CT molecular complexity index is 635. The van der Waals surface area contributed by atoms with E-state index in [1.54, 1.807) is 7.11 Å². The lowest BCUT2D eigenvalue weighted by Crippen LogP contribution is -2.37. The molecule has 2 aliphatic rings. The molecule has 0 spiro atoms. The van der Waals surface area contributed by atoms with Gasteiger partial charge in [-0.25, -0.2) is 0 Å². The van der Waals surface area contributed by atoms with E-state index in [2.05, 4.69) is 0 Å². The summed E-state index contributed by atoms with van der Waals surface area (Å²) < 4.78 is 11.6. The Morgan fingerprint density at radius 2 is 1.96 bits per heavy atom. The van der Waals surface area contributed by atoms with Crippen molar-refractivity contribution < 1.29 is 24.2 Å². The Hall–Kier alpha value is -2.04. The van der Waals surface area contributed by atoms with Gasteiger partial charge in [0.25, 0.3) is 0 Å². The maximum Gasteiger partial charge on any atom is 0.306 e. The smallest absolute Gasteiger partial charge is 0.306 e. The Morgan fingerprint density at radius 3 is 2.60 bits per heavy atom. The highest BCUT2D eigenvalue weighted by Crippen LogP contribution is 2.43. The Balaban J connectivity index is 1.91. The van der Waals surface area contributed by atoms with Gasteiger partial charge in [0.15, 0.2) is 11.5 Å². The topological polar surface area (TPSA) is 72.8 Å². The molecule has 0 aromatic heterocycles. The molecule has 0 bridgehead atoms. The van der Waals surface area contributed by atoms with Crippen LogP contribution < -0.4 is 9.47 Å². The zero-order chi connectivity index (χ0) is 17.9. The second-order valence-electron chi connectivity index (χ2n) is 7.30. The molecule has 0 saturated heterocycles. The number of carboxylic acids is 1. The molecule has 3 rings (SSSR count). The van der Waals surface area contributed by atoms with E-state index < -0.39 is 17.3 Å². The van der Waals surface area contributed by atoms with Gasteiger partial charge in [-0.15, -0.1) is 0 Å². The van der Waals surface area contributed by atoms with Crippen LogP contribution in [0.15, 0.2) is 18.2 Å². The van der Waals surface area contributed by atoms with Gasteiger partial charge < -0.3 is 19.4 Å². The fraction of sp³-hybridized carbons (Fsp3) is 0.600. The van der Waals surface area contributed by atoms with Crippen molar-refractivity contribution in [3.05, 3.63) is 23.8 Å². The molecule has 0 aliphatic heterocycles. The van der Waals surface area contributed by atoms with Gasteiger partial charge in [-0.1, -0.05) is 12.5 Å². The van der Waals surface area contributed by atoms with Gasteiger partial charge in [-0.05, 0) is 62.6 Å². The average Bonchev–Trinajstić information content (AvgIpc) is 3.14. The van der Waals surface area contributed by atoms with E-state index in [0.29, 0.717) is 30.8 Å². The first-order chi connectivity index (χ1) is 12.1. The molecule has 1 N–H and O–H groups in total. The number of hydrogen-bond donors (Lipinski definition) is 1. The summed E-state index contributed by atoms with van der Waals surface area (Å²) in [5.74, 6) is 0.0231.